The predicted octanol–water partition coefficient (Wildman–Crippen LogP) is 3.87. The van der Waals surface area contributed by atoms with Gasteiger partial charge in [-0.3, -0.25) is 9.48 Å². The van der Waals surface area contributed by atoms with E-state index in [-0.39, 0.29) is 36.8 Å². The van der Waals surface area contributed by atoms with Crippen molar-refractivity contribution in [3.8, 4) is 0 Å². The van der Waals surface area contributed by atoms with Crippen LogP contribution in [0.1, 0.15) is 33.4 Å². The van der Waals surface area contributed by atoms with Crippen molar-refractivity contribution in [3.63, 3.8) is 0 Å². The number of carbonyl (C=O) groups excluding carboxylic acids is 1. The maximum Gasteiger partial charge on any atom is 0.256 e. The number of halogens is 3. The molecule has 3 heterocycles. The van der Waals surface area contributed by atoms with Crippen LogP contribution in [0.4, 0.5) is 0 Å². The largest absolute Gasteiger partial charge is 0.329 e. The predicted molar refractivity (Wildman–Crippen MR) is 121 cm³/mol. The molecule has 0 spiro atoms. The highest BCUT2D eigenvalue weighted by Gasteiger charge is 2.31. The lowest BCUT2D eigenvalue weighted by molar-refractivity contribution is 0.0633. The van der Waals surface area contributed by atoms with Crippen LogP contribution in [0.15, 0.2) is 30.3 Å². The van der Waals surface area contributed by atoms with Gasteiger partial charge in [0.25, 0.3) is 5.91 Å². The van der Waals surface area contributed by atoms with Crippen molar-refractivity contribution in [1.29, 1.82) is 0 Å². The highest BCUT2D eigenvalue weighted by atomic mass is 35.5. The molecule has 29 heavy (non-hydrogen) atoms. The minimum atomic E-state index is -0.106. The summed E-state index contributed by atoms with van der Waals surface area (Å²) in [5.74, 6) is -0.0171. The normalized spacial score (nSPS) is 16.3. The second-order valence-corrected chi connectivity index (χ2v) is 7.35. The number of pyridine rings is 1. The van der Waals surface area contributed by atoms with Gasteiger partial charge in [-0.1, -0.05) is 29.8 Å². The van der Waals surface area contributed by atoms with Crippen LogP contribution in [-0.2, 0) is 7.05 Å². The summed E-state index contributed by atoms with van der Waals surface area (Å²) in [6.45, 7) is 5.87. The number of aryl methyl sites for hydroxylation is 3. The van der Waals surface area contributed by atoms with Crippen LogP contribution in [0.5, 0.6) is 0 Å². The number of nitrogens with zero attached hydrogens (tertiary/aromatic N) is 4. The summed E-state index contributed by atoms with van der Waals surface area (Å²) in [6, 6.07) is 9.53. The Morgan fingerprint density at radius 1 is 1.21 bits per heavy atom. The van der Waals surface area contributed by atoms with Crippen LogP contribution in [0.25, 0.3) is 11.0 Å². The van der Waals surface area contributed by atoms with Gasteiger partial charge in [0.1, 0.15) is 0 Å². The number of fused-ring (bicyclic) bond motifs is 1. The molecule has 4 rings (SSSR count). The highest BCUT2D eigenvalue weighted by molar-refractivity contribution is 6.31. The topological polar surface area (TPSA) is 63.1 Å². The van der Waals surface area contributed by atoms with Crippen LogP contribution < -0.4 is 5.32 Å². The van der Waals surface area contributed by atoms with Crippen LogP contribution in [-0.4, -0.2) is 45.2 Å². The zero-order chi connectivity index (χ0) is 19.1. The summed E-state index contributed by atoms with van der Waals surface area (Å²) in [6.07, 6.45) is 0. The first-order valence-electron chi connectivity index (χ1n) is 9.04. The van der Waals surface area contributed by atoms with Gasteiger partial charge >= 0.3 is 0 Å². The maximum absolute atomic E-state index is 13.5. The van der Waals surface area contributed by atoms with Gasteiger partial charge in [-0.25, -0.2) is 4.98 Å². The summed E-state index contributed by atoms with van der Waals surface area (Å²) in [5.41, 5.74) is 3.97. The molecule has 9 heteroatoms. The third-order valence-electron chi connectivity index (χ3n) is 5.19. The van der Waals surface area contributed by atoms with Crippen molar-refractivity contribution in [3.05, 3.63) is 57.9 Å². The fourth-order valence-corrected chi connectivity index (χ4v) is 4.04. The summed E-state index contributed by atoms with van der Waals surface area (Å²) < 4.78 is 1.75. The minimum Gasteiger partial charge on any atom is -0.329 e. The molecule has 6 nitrogen and oxygen atoms in total. The van der Waals surface area contributed by atoms with E-state index >= 15 is 0 Å². The summed E-state index contributed by atoms with van der Waals surface area (Å²) in [5, 5.41) is 9.38. The van der Waals surface area contributed by atoms with Gasteiger partial charge in [-0.2, -0.15) is 5.10 Å². The first-order valence-corrected chi connectivity index (χ1v) is 9.42. The van der Waals surface area contributed by atoms with E-state index in [9.17, 15) is 4.79 Å². The number of hydrogen-bond donors (Lipinski definition) is 1. The van der Waals surface area contributed by atoms with Gasteiger partial charge in [0.15, 0.2) is 5.65 Å². The second kappa shape index (κ2) is 9.30. The molecule has 0 bridgehead atoms. The van der Waals surface area contributed by atoms with Crippen molar-refractivity contribution in [2.45, 2.75) is 19.9 Å². The standard InChI is InChI=1S/C20H22ClN5O.2ClH/c1-12-16(10-15-13(2)24-25(3)19(15)23-12)20(27)26-9-8-22-11-18(26)14-6-4-5-7-17(14)21;;/h4-7,10,18,22H,8-9,11H2,1-3H3;2*1H. The molecular weight excluding hydrogens is 433 g/mol. The SMILES string of the molecule is Cc1nc2c(cc1C(=O)N1CCNCC1c1ccccc1Cl)c(C)nn2C.Cl.Cl. The van der Waals surface area contributed by atoms with Crippen LogP contribution in [0, 0.1) is 13.8 Å². The number of nitrogens with one attached hydrogen (secondary N) is 1. The molecule has 3 aromatic rings. The monoisotopic (exact) mass is 455 g/mol. The lowest BCUT2D eigenvalue weighted by atomic mass is 10.0. The molecule has 0 radical (unpaired) electrons. The van der Waals surface area contributed by atoms with E-state index in [0.717, 1.165) is 28.8 Å². The lowest BCUT2D eigenvalue weighted by Crippen LogP contribution is -2.49. The first-order chi connectivity index (χ1) is 13.0. The van der Waals surface area contributed by atoms with Gasteiger partial charge in [-0.15, -0.1) is 24.8 Å². The van der Waals surface area contributed by atoms with E-state index in [4.69, 9.17) is 11.6 Å². The Bertz CT molecular complexity index is 1040. The molecule has 2 aromatic heterocycles. The van der Waals surface area contributed by atoms with Crippen molar-refractivity contribution in [1.82, 2.24) is 25.0 Å². The van der Waals surface area contributed by atoms with E-state index < -0.39 is 0 Å². The molecule has 1 saturated heterocycles. The molecular formula is C20H24Cl3N5O. The van der Waals surface area contributed by atoms with E-state index in [1.165, 1.54) is 0 Å². The molecule has 0 aliphatic carbocycles. The number of piperazine rings is 1. The molecule has 1 atom stereocenters. The summed E-state index contributed by atoms with van der Waals surface area (Å²) in [4.78, 5) is 20.0. The van der Waals surface area contributed by atoms with E-state index in [1.54, 1.807) is 4.68 Å². The third kappa shape index (κ3) is 4.21. The van der Waals surface area contributed by atoms with Crippen molar-refractivity contribution in [2.75, 3.05) is 19.6 Å². The number of hydrogen-bond acceptors (Lipinski definition) is 4. The second-order valence-electron chi connectivity index (χ2n) is 6.94. The zero-order valence-corrected chi connectivity index (χ0v) is 18.9. The number of rotatable bonds is 2. The lowest BCUT2D eigenvalue weighted by Gasteiger charge is -2.37. The summed E-state index contributed by atoms with van der Waals surface area (Å²) >= 11 is 6.42. The zero-order valence-electron chi connectivity index (χ0n) is 16.5. The quantitative estimate of drug-likeness (QED) is 0.636. The number of aromatic nitrogens is 3. The van der Waals surface area contributed by atoms with Crippen molar-refractivity contribution >= 4 is 53.4 Å². The Hall–Kier alpha value is -1.86. The molecule has 1 aliphatic rings. The minimum absolute atomic E-state index is 0. The number of benzene rings is 1. The van der Waals surface area contributed by atoms with E-state index in [2.05, 4.69) is 15.4 Å². The summed E-state index contributed by atoms with van der Waals surface area (Å²) in [7, 11) is 1.87. The fraction of sp³-hybridized carbons (Fsp3) is 0.350. The molecule has 0 saturated carbocycles. The van der Waals surface area contributed by atoms with E-state index in [1.807, 2.05) is 56.1 Å². The molecule has 1 amide bonds. The molecule has 1 unspecified atom stereocenters. The molecule has 1 N–H and O–H groups in total. The molecule has 1 fully saturated rings. The Morgan fingerprint density at radius 2 is 1.93 bits per heavy atom. The van der Waals surface area contributed by atoms with Gasteiger partial charge in [-0.05, 0) is 31.5 Å². The van der Waals surface area contributed by atoms with Crippen LogP contribution in [0.2, 0.25) is 5.02 Å². The van der Waals surface area contributed by atoms with Gasteiger partial charge in [0, 0.05) is 37.1 Å². The molecule has 156 valence electrons. The van der Waals surface area contributed by atoms with Gasteiger partial charge < -0.3 is 10.2 Å². The fourth-order valence-electron chi connectivity index (χ4n) is 3.77. The average molecular weight is 457 g/mol. The molecule has 1 aliphatic heterocycles. The Balaban J connectivity index is 0.00000150. The van der Waals surface area contributed by atoms with Gasteiger partial charge in [0.2, 0.25) is 0 Å². The Labute approximate surface area is 187 Å². The van der Waals surface area contributed by atoms with Crippen LogP contribution in [0.3, 0.4) is 0 Å². The van der Waals surface area contributed by atoms with Crippen LogP contribution >= 0.6 is 36.4 Å². The average Bonchev–Trinajstić information content (AvgIpc) is 2.94. The Kier molecular flexibility index (Phi) is 7.51. The smallest absolute Gasteiger partial charge is 0.256 e. The highest BCUT2D eigenvalue weighted by Crippen LogP contribution is 2.30. The van der Waals surface area contributed by atoms with Gasteiger partial charge in [0.05, 0.1) is 23.0 Å². The van der Waals surface area contributed by atoms with Crippen molar-refractivity contribution < 1.29 is 4.79 Å². The number of amides is 1. The first kappa shape index (κ1) is 23.4. The van der Waals surface area contributed by atoms with Crippen molar-refractivity contribution in [2.24, 2.45) is 7.05 Å². The van der Waals surface area contributed by atoms with E-state index in [0.29, 0.717) is 29.4 Å². The maximum atomic E-state index is 13.5. The number of carbonyl (C=O) groups is 1. The Morgan fingerprint density at radius 3 is 2.66 bits per heavy atom. The third-order valence-corrected chi connectivity index (χ3v) is 5.53. The molecule has 1 aromatic carbocycles.